The summed E-state index contributed by atoms with van der Waals surface area (Å²) >= 11 is 0. The molecule has 0 saturated carbocycles. The quantitative estimate of drug-likeness (QED) is 0.523. The van der Waals surface area contributed by atoms with Crippen molar-refractivity contribution in [2.75, 3.05) is 13.7 Å². The van der Waals surface area contributed by atoms with Crippen molar-refractivity contribution >= 4 is 5.78 Å². The number of rotatable bonds is 8. The van der Waals surface area contributed by atoms with Gasteiger partial charge < -0.3 is 10.1 Å². The van der Waals surface area contributed by atoms with Crippen LogP contribution in [0.2, 0.25) is 0 Å². The van der Waals surface area contributed by atoms with Crippen LogP contribution >= 0.6 is 0 Å². The van der Waals surface area contributed by atoms with E-state index in [0.29, 0.717) is 12.8 Å². The zero-order valence-electron chi connectivity index (χ0n) is 14.5. The minimum atomic E-state index is -0.422. The van der Waals surface area contributed by atoms with E-state index >= 15 is 0 Å². The molecule has 134 valence electrons. The molecule has 0 fully saturated rings. The highest BCUT2D eigenvalue weighted by molar-refractivity contribution is 5.91. The number of hydrogen-bond donors (Lipinski definition) is 2. The Balaban J connectivity index is 1.93. The monoisotopic (exact) mass is 344 g/mol. The maximum Gasteiger partial charge on any atom is 0.160 e. The highest BCUT2D eigenvalue weighted by Crippen LogP contribution is 2.25. The van der Waals surface area contributed by atoms with E-state index in [4.69, 9.17) is 4.74 Å². The van der Waals surface area contributed by atoms with Gasteiger partial charge in [0.05, 0.1) is 0 Å². The third-order valence-electron chi connectivity index (χ3n) is 4.12. The lowest BCUT2D eigenvalue weighted by atomic mass is 9.97. The van der Waals surface area contributed by atoms with E-state index < -0.39 is 5.83 Å². The average molecular weight is 344 g/mol. The first-order valence-electron chi connectivity index (χ1n) is 8.45. The molecule has 25 heavy (non-hydrogen) atoms. The van der Waals surface area contributed by atoms with Crippen LogP contribution < -0.4 is 10.6 Å². The molecule has 0 aliphatic heterocycles. The Labute approximate surface area is 148 Å². The van der Waals surface area contributed by atoms with E-state index in [0.717, 1.165) is 12.1 Å². The summed E-state index contributed by atoms with van der Waals surface area (Å²) in [7, 11) is 1.82. The third-order valence-corrected chi connectivity index (χ3v) is 4.12. The minimum absolute atomic E-state index is 0.0715. The van der Waals surface area contributed by atoms with Crippen molar-refractivity contribution in [1.29, 1.82) is 0 Å². The highest BCUT2D eigenvalue weighted by Gasteiger charge is 2.20. The molecule has 2 unspecified atom stereocenters. The molecule has 0 radical (unpaired) electrons. The molecule has 0 spiro atoms. The molecule has 2 aliphatic carbocycles. The second-order valence-electron chi connectivity index (χ2n) is 5.90. The first-order chi connectivity index (χ1) is 12.1. The van der Waals surface area contributed by atoms with Gasteiger partial charge in [0.2, 0.25) is 0 Å². The molecule has 0 saturated heterocycles. The lowest BCUT2D eigenvalue weighted by molar-refractivity contribution is -0.118. The van der Waals surface area contributed by atoms with Crippen LogP contribution in [0.1, 0.15) is 19.3 Å². The van der Waals surface area contributed by atoms with Crippen LogP contribution in [-0.4, -0.2) is 25.6 Å². The summed E-state index contributed by atoms with van der Waals surface area (Å²) in [4.78, 5) is 11.7. The van der Waals surface area contributed by atoms with Crippen molar-refractivity contribution in [1.82, 2.24) is 10.6 Å². The second kappa shape index (κ2) is 9.79. The molecular weight excluding hydrogens is 319 g/mol. The van der Waals surface area contributed by atoms with E-state index in [-0.39, 0.29) is 30.2 Å². The normalized spacial score (nSPS) is 21.2. The number of ketones is 1. The number of nitrogens with one attached hydrogen (secondary N) is 2. The van der Waals surface area contributed by atoms with Crippen molar-refractivity contribution in [2.45, 2.75) is 25.4 Å². The smallest absolute Gasteiger partial charge is 0.160 e. The van der Waals surface area contributed by atoms with Gasteiger partial charge in [-0.15, -0.1) is 0 Å². The molecule has 0 aromatic carbocycles. The number of carbonyl (C=O) groups excluding carboxylic acids is 1. The van der Waals surface area contributed by atoms with Crippen LogP contribution in [0.25, 0.3) is 0 Å². The molecule has 5 heteroatoms. The Bertz CT molecular complexity index is 644. The number of ether oxygens (including phenoxy) is 1. The van der Waals surface area contributed by atoms with E-state index in [1.54, 1.807) is 6.08 Å². The van der Waals surface area contributed by atoms with E-state index in [9.17, 15) is 9.18 Å². The Hall–Kier alpha value is -2.40. The number of hydrogen-bond acceptors (Lipinski definition) is 4. The summed E-state index contributed by atoms with van der Waals surface area (Å²) < 4.78 is 19.8. The van der Waals surface area contributed by atoms with Gasteiger partial charge >= 0.3 is 0 Å². The van der Waals surface area contributed by atoms with Crippen molar-refractivity contribution < 1.29 is 13.9 Å². The van der Waals surface area contributed by atoms with Crippen LogP contribution in [0.4, 0.5) is 4.39 Å². The van der Waals surface area contributed by atoms with Crippen LogP contribution in [0.15, 0.2) is 72.5 Å². The fraction of sp³-hybridized carbons (Fsp3) is 0.350. The van der Waals surface area contributed by atoms with Crippen LogP contribution in [0.5, 0.6) is 0 Å². The third kappa shape index (κ3) is 5.87. The Morgan fingerprint density at radius 3 is 2.96 bits per heavy atom. The zero-order chi connectivity index (χ0) is 18.1. The Morgan fingerprint density at radius 2 is 2.20 bits per heavy atom. The van der Waals surface area contributed by atoms with Crippen LogP contribution in [0.3, 0.4) is 0 Å². The van der Waals surface area contributed by atoms with Crippen molar-refractivity contribution in [3.05, 3.63) is 72.5 Å². The predicted octanol–water partition coefficient (Wildman–Crippen LogP) is 3.44. The highest BCUT2D eigenvalue weighted by atomic mass is 19.1. The van der Waals surface area contributed by atoms with Gasteiger partial charge in [-0.25, -0.2) is 4.39 Å². The van der Waals surface area contributed by atoms with Gasteiger partial charge in [0.25, 0.3) is 0 Å². The SMILES string of the molecule is C=CC(=O)C1CC=C(F)C(OCC(NC)NC2=CC=CC=CC2)=CC1. The Morgan fingerprint density at radius 1 is 1.40 bits per heavy atom. The zero-order valence-corrected chi connectivity index (χ0v) is 14.5. The van der Waals surface area contributed by atoms with Crippen molar-refractivity contribution in [2.24, 2.45) is 5.92 Å². The molecule has 2 atom stereocenters. The van der Waals surface area contributed by atoms with Gasteiger partial charge in [0, 0.05) is 18.0 Å². The summed E-state index contributed by atoms with van der Waals surface area (Å²) in [6, 6.07) is 0. The number of carbonyl (C=O) groups is 1. The van der Waals surface area contributed by atoms with Crippen LogP contribution in [-0.2, 0) is 9.53 Å². The number of halogens is 1. The summed E-state index contributed by atoms with van der Waals surface area (Å²) in [6.45, 7) is 3.75. The molecule has 2 rings (SSSR count). The van der Waals surface area contributed by atoms with Gasteiger partial charge in [-0.1, -0.05) is 30.9 Å². The fourth-order valence-corrected chi connectivity index (χ4v) is 2.59. The maximum atomic E-state index is 14.2. The van der Waals surface area contributed by atoms with Crippen molar-refractivity contribution in [3.8, 4) is 0 Å². The van der Waals surface area contributed by atoms with Gasteiger partial charge in [-0.05, 0) is 44.2 Å². The molecule has 0 aromatic heterocycles. The first-order valence-corrected chi connectivity index (χ1v) is 8.45. The second-order valence-corrected chi connectivity index (χ2v) is 5.90. The molecule has 0 amide bonds. The van der Waals surface area contributed by atoms with E-state index in [2.05, 4.69) is 23.3 Å². The van der Waals surface area contributed by atoms with Gasteiger partial charge in [-0.3, -0.25) is 10.1 Å². The number of allylic oxidation sites excluding steroid dienone is 9. The molecule has 0 aromatic rings. The lowest BCUT2D eigenvalue weighted by Crippen LogP contribution is -2.43. The van der Waals surface area contributed by atoms with E-state index in [1.807, 2.05) is 31.4 Å². The van der Waals surface area contributed by atoms with Gasteiger partial charge in [0.1, 0.15) is 12.8 Å². The van der Waals surface area contributed by atoms with E-state index in [1.165, 1.54) is 12.2 Å². The molecule has 2 aliphatic rings. The number of likely N-dealkylation sites (N-methyl/N-ethyl adjacent to an activating group) is 1. The van der Waals surface area contributed by atoms with Gasteiger partial charge in [0.15, 0.2) is 17.4 Å². The van der Waals surface area contributed by atoms with Crippen molar-refractivity contribution in [3.63, 3.8) is 0 Å². The average Bonchev–Trinajstić information content (AvgIpc) is 2.99. The molecule has 0 bridgehead atoms. The maximum absolute atomic E-state index is 14.2. The largest absolute Gasteiger partial charge is 0.487 e. The Kier molecular flexibility index (Phi) is 7.41. The summed E-state index contributed by atoms with van der Waals surface area (Å²) in [5.41, 5.74) is 1.05. The molecular formula is C20H25FN2O2. The van der Waals surface area contributed by atoms with Gasteiger partial charge in [-0.2, -0.15) is 0 Å². The predicted molar refractivity (Wildman–Crippen MR) is 98.1 cm³/mol. The lowest BCUT2D eigenvalue weighted by Gasteiger charge is -2.21. The summed E-state index contributed by atoms with van der Waals surface area (Å²) in [5.74, 6) is -0.570. The molecule has 4 nitrogen and oxygen atoms in total. The first kappa shape index (κ1) is 18.9. The minimum Gasteiger partial charge on any atom is -0.487 e. The summed E-state index contributed by atoms with van der Waals surface area (Å²) in [5, 5.41) is 6.45. The topological polar surface area (TPSA) is 50.4 Å². The summed E-state index contributed by atoms with van der Waals surface area (Å²) in [6.07, 6.45) is 15.8. The molecule has 2 N–H and O–H groups in total. The standard InChI is InChI=1S/C20H25FN2O2/c1-3-18(24)15-10-12-17(21)19(13-11-15)25-14-20(22-2)23-16-8-6-4-5-7-9-16/h3-8,12-13,15,20,22-23H,1,9-11,14H2,2H3. The fourth-order valence-electron chi connectivity index (χ4n) is 2.59. The van der Waals surface area contributed by atoms with Crippen LogP contribution in [0, 0.1) is 5.92 Å². The molecule has 0 heterocycles.